The van der Waals surface area contributed by atoms with Gasteiger partial charge in [0.05, 0.1) is 0 Å². The van der Waals surface area contributed by atoms with E-state index in [1.54, 1.807) is 0 Å². The minimum atomic E-state index is 0.839. The SMILES string of the molecule is CCCCC(CCCN)CCCN. The van der Waals surface area contributed by atoms with Crippen molar-refractivity contribution in [2.45, 2.75) is 51.9 Å². The van der Waals surface area contributed by atoms with Crippen LogP contribution in [0.3, 0.4) is 0 Å². The highest BCUT2D eigenvalue weighted by molar-refractivity contribution is 4.60. The summed E-state index contributed by atoms with van der Waals surface area (Å²) in [6.45, 7) is 3.93. The molecule has 0 aliphatic heterocycles. The molecule has 0 atom stereocenters. The molecule has 0 aromatic rings. The molecule has 0 aromatic heterocycles. The van der Waals surface area contributed by atoms with E-state index in [9.17, 15) is 0 Å². The maximum Gasteiger partial charge on any atom is -0.00772 e. The van der Waals surface area contributed by atoms with Crippen molar-refractivity contribution in [1.82, 2.24) is 0 Å². The Labute approximate surface area is 83.1 Å². The van der Waals surface area contributed by atoms with Crippen LogP contribution in [0.15, 0.2) is 0 Å². The van der Waals surface area contributed by atoms with Gasteiger partial charge in [-0.25, -0.2) is 0 Å². The van der Waals surface area contributed by atoms with Crippen LogP contribution in [0, 0.1) is 5.92 Å². The number of unbranched alkanes of at least 4 members (excludes halogenated alkanes) is 1. The summed E-state index contributed by atoms with van der Waals surface area (Å²) in [5.74, 6) is 0.882. The van der Waals surface area contributed by atoms with Gasteiger partial charge >= 0.3 is 0 Å². The van der Waals surface area contributed by atoms with Crippen molar-refractivity contribution < 1.29 is 0 Å². The molecule has 13 heavy (non-hydrogen) atoms. The predicted molar refractivity (Wildman–Crippen MR) is 59.6 cm³/mol. The Morgan fingerprint density at radius 3 is 1.69 bits per heavy atom. The third-order valence-electron chi connectivity index (χ3n) is 2.60. The third kappa shape index (κ3) is 8.26. The average Bonchev–Trinajstić information content (AvgIpc) is 2.17. The molecule has 0 aliphatic rings. The smallest absolute Gasteiger partial charge is 0.00772 e. The van der Waals surface area contributed by atoms with E-state index < -0.39 is 0 Å². The second-order valence-corrected chi connectivity index (χ2v) is 3.87. The van der Waals surface area contributed by atoms with Crippen molar-refractivity contribution in [3.05, 3.63) is 0 Å². The van der Waals surface area contributed by atoms with Gasteiger partial charge in [-0.05, 0) is 44.7 Å². The van der Waals surface area contributed by atoms with E-state index in [1.807, 2.05) is 0 Å². The molecule has 0 fully saturated rings. The van der Waals surface area contributed by atoms with Crippen LogP contribution >= 0.6 is 0 Å². The Bertz CT molecular complexity index is 75.1. The summed E-state index contributed by atoms with van der Waals surface area (Å²) >= 11 is 0. The van der Waals surface area contributed by atoms with Crippen LogP contribution in [0.2, 0.25) is 0 Å². The van der Waals surface area contributed by atoms with Crippen LogP contribution in [-0.4, -0.2) is 13.1 Å². The molecule has 4 N–H and O–H groups in total. The molecule has 80 valence electrons. The lowest BCUT2D eigenvalue weighted by Crippen LogP contribution is -2.08. The van der Waals surface area contributed by atoms with Gasteiger partial charge in [-0.3, -0.25) is 0 Å². The highest BCUT2D eigenvalue weighted by Crippen LogP contribution is 2.19. The molecule has 0 bridgehead atoms. The first-order chi connectivity index (χ1) is 6.35. The van der Waals surface area contributed by atoms with Crippen molar-refractivity contribution in [3.8, 4) is 0 Å². The molecular formula is C11H26N2. The summed E-state index contributed by atoms with van der Waals surface area (Å²) in [5, 5.41) is 0. The molecule has 0 aromatic carbocycles. The predicted octanol–water partition coefficient (Wildman–Crippen LogP) is 2.27. The number of hydrogen-bond donors (Lipinski definition) is 2. The van der Waals surface area contributed by atoms with E-state index in [0.717, 1.165) is 19.0 Å². The number of hydrogen-bond acceptors (Lipinski definition) is 2. The molecule has 0 aliphatic carbocycles. The Morgan fingerprint density at radius 2 is 1.31 bits per heavy atom. The summed E-state index contributed by atoms with van der Waals surface area (Å²) in [7, 11) is 0. The number of rotatable bonds is 9. The first kappa shape index (κ1) is 12.9. The molecule has 0 spiro atoms. The molecule has 2 nitrogen and oxygen atoms in total. The Morgan fingerprint density at radius 1 is 0.846 bits per heavy atom. The minimum Gasteiger partial charge on any atom is -0.330 e. The van der Waals surface area contributed by atoms with Crippen molar-refractivity contribution in [2.75, 3.05) is 13.1 Å². The van der Waals surface area contributed by atoms with E-state index in [1.165, 1.54) is 44.9 Å². The molecule has 0 rings (SSSR count). The average molecular weight is 186 g/mol. The zero-order valence-corrected chi connectivity index (χ0v) is 9.10. The third-order valence-corrected chi connectivity index (χ3v) is 2.60. The largest absolute Gasteiger partial charge is 0.330 e. The topological polar surface area (TPSA) is 52.0 Å². The summed E-state index contributed by atoms with van der Waals surface area (Å²) in [5.41, 5.74) is 11.0. The van der Waals surface area contributed by atoms with Crippen molar-refractivity contribution >= 4 is 0 Å². The Kier molecular flexibility index (Phi) is 9.94. The molecule has 0 radical (unpaired) electrons. The van der Waals surface area contributed by atoms with Crippen LogP contribution < -0.4 is 11.5 Å². The van der Waals surface area contributed by atoms with Crippen LogP contribution in [0.5, 0.6) is 0 Å². The normalized spacial score (nSPS) is 11.1. The fraction of sp³-hybridized carbons (Fsp3) is 1.00. The van der Waals surface area contributed by atoms with E-state index >= 15 is 0 Å². The monoisotopic (exact) mass is 186 g/mol. The standard InChI is InChI=1S/C11H26N2/c1-2-3-6-11(7-4-9-12)8-5-10-13/h11H,2-10,12-13H2,1H3. The van der Waals surface area contributed by atoms with Crippen molar-refractivity contribution in [3.63, 3.8) is 0 Å². The van der Waals surface area contributed by atoms with E-state index in [2.05, 4.69) is 6.92 Å². The zero-order chi connectivity index (χ0) is 9.94. The Hall–Kier alpha value is -0.0800. The van der Waals surface area contributed by atoms with Crippen molar-refractivity contribution in [1.29, 1.82) is 0 Å². The minimum absolute atomic E-state index is 0.839. The van der Waals surface area contributed by atoms with Gasteiger partial charge in [0, 0.05) is 0 Å². The molecule has 2 heteroatoms. The fourth-order valence-electron chi connectivity index (χ4n) is 1.74. The maximum absolute atomic E-state index is 5.51. The highest BCUT2D eigenvalue weighted by Gasteiger charge is 2.06. The molecule has 0 amide bonds. The number of nitrogens with two attached hydrogens (primary N) is 2. The summed E-state index contributed by atoms with van der Waals surface area (Å²) in [6, 6.07) is 0. The van der Waals surface area contributed by atoms with Crippen LogP contribution in [0.4, 0.5) is 0 Å². The quantitative estimate of drug-likeness (QED) is 0.580. The van der Waals surface area contributed by atoms with Gasteiger partial charge in [-0.1, -0.05) is 26.2 Å². The van der Waals surface area contributed by atoms with Gasteiger partial charge in [0.2, 0.25) is 0 Å². The van der Waals surface area contributed by atoms with Crippen LogP contribution in [0.25, 0.3) is 0 Å². The summed E-state index contributed by atoms with van der Waals surface area (Å²) in [4.78, 5) is 0. The lowest BCUT2D eigenvalue weighted by Gasteiger charge is -2.15. The van der Waals surface area contributed by atoms with E-state index in [4.69, 9.17) is 11.5 Å². The zero-order valence-electron chi connectivity index (χ0n) is 9.10. The first-order valence-electron chi connectivity index (χ1n) is 5.75. The van der Waals surface area contributed by atoms with Gasteiger partial charge in [0.25, 0.3) is 0 Å². The highest BCUT2D eigenvalue weighted by atomic mass is 14.5. The second-order valence-electron chi connectivity index (χ2n) is 3.87. The van der Waals surface area contributed by atoms with E-state index in [0.29, 0.717) is 0 Å². The molecule has 0 heterocycles. The summed E-state index contributed by atoms with van der Waals surface area (Å²) < 4.78 is 0. The van der Waals surface area contributed by atoms with Crippen molar-refractivity contribution in [2.24, 2.45) is 17.4 Å². The lowest BCUT2D eigenvalue weighted by molar-refractivity contribution is 0.390. The molecule has 0 saturated carbocycles. The Balaban J connectivity index is 3.47. The molecular weight excluding hydrogens is 160 g/mol. The van der Waals surface area contributed by atoms with Crippen LogP contribution in [0.1, 0.15) is 51.9 Å². The summed E-state index contributed by atoms with van der Waals surface area (Å²) in [6.07, 6.45) is 9.00. The molecule has 0 unspecified atom stereocenters. The van der Waals surface area contributed by atoms with Gasteiger partial charge in [0.1, 0.15) is 0 Å². The van der Waals surface area contributed by atoms with Gasteiger partial charge in [0.15, 0.2) is 0 Å². The van der Waals surface area contributed by atoms with Crippen LogP contribution in [-0.2, 0) is 0 Å². The second kappa shape index (κ2) is 10.0. The maximum atomic E-state index is 5.51. The molecule has 0 saturated heterocycles. The fourth-order valence-corrected chi connectivity index (χ4v) is 1.74. The van der Waals surface area contributed by atoms with Gasteiger partial charge < -0.3 is 11.5 Å². The first-order valence-corrected chi connectivity index (χ1v) is 5.75. The lowest BCUT2D eigenvalue weighted by atomic mass is 9.92. The van der Waals surface area contributed by atoms with Gasteiger partial charge in [-0.15, -0.1) is 0 Å². The van der Waals surface area contributed by atoms with E-state index in [-0.39, 0.29) is 0 Å². The van der Waals surface area contributed by atoms with Gasteiger partial charge in [-0.2, -0.15) is 0 Å².